The largest absolute Gasteiger partial charge is 0.366 e. The Morgan fingerprint density at radius 3 is 2.44 bits per heavy atom. The molecular formula is C20H22N4O3. The fourth-order valence-corrected chi connectivity index (χ4v) is 3.26. The lowest BCUT2D eigenvalue weighted by Gasteiger charge is -2.10. The molecule has 7 nitrogen and oxygen atoms in total. The first kappa shape index (κ1) is 18.4. The summed E-state index contributed by atoms with van der Waals surface area (Å²) in [4.78, 5) is 36.8. The maximum absolute atomic E-state index is 12.4. The minimum absolute atomic E-state index is 0.276. The fourth-order valence-electron chi connectivity index (χ4n) is 3.26. The molecular weight excluding hydrogens is 344 g/mol. The summed E-state index contributed by atoms with van der Waals surface area (Å²) in [6, 6.07) is 8.57. The molecule has 3 rings (SSSR count). The second kappa shape index (κ2) is 7.11. The van der Waals surface area contributed by atoms with Crippen LogP contribution in [0.4, 0.5) is 4.79 Å². The number of aromatic nitrogens is 1. The Kier molecular flexibility index (Phi) is 4.85. The molecule has 2 heterocycles. The number of primary amides is 1. The van der Waals surface area contributed by atoms with Crippen LogP contribution in [0.2, 0.25) is 0 Å². The highest BCUT2D eigenvalue weighted by Gasteiger charge is 2.32. The lowest BCUT2D eigenvalue weighted by Crippen LogP contribution is -2.31. The summed E-state index contributed by atoms with van der Waals surface area (Å²) >= 11 is 0. The van der Waals surface area contributed by atoms with Crippen LogP contribution in [0.1, 0.15) is 40.7 Å². The first-order valence-corrected chi connectivity index (χ1v) is 8.77. The predicted molar refractivity (Wildman–Crippen MR) is 102 cm³/mol. The number of amides is 4. The van der Waals surface area contributed by atoms with Gasteiger partial charge in [-0.15, -0.1) is 0 Å². The van der Waals surface area contributed by atoms with E-state index in [0.717, 1.165) is 22.6 Å². The summed E-state index contributed by atoms with van der Waals surface area (Å²) in [7, 11) is 0. The van der Waals surface area contributed by atoms with Gasteiger partial charge in [-0.05, 0) is 62.2 Å². The van der Waals surface area contributed by atoms with Crippen molar-refractivity contribution in [1.82, 2.24) is 14.8 Å². The molecule has 0 unspecified atom stereocenters. The van der Waals surface area contributed by atoms with Gasteiger partial charge in [-0.25, -0.2) is 4.79 Å². The summed E-state index contributed by atoms with van der Waals surface area (Å²) in [5, 5.41) is 2.64. The van der Waals surface area contributed by atoms with E-state index in [0.29, 0.717) is 18.5 Å². The quantitative estimate of drug-likeness (QED) is 0.628. The number of imide groups is 1. The Labute approximate surface area is 157 Å². The van der Waals surface area contributed by atoms with Crippen LogP contribution >= 0.6 is 0 Å². The van der Waals surface area contributed by atoms with E-state index in [4.69, 9.17) is 5.73 Å². The van der Waals surface area contributed by atoms with Crippen molar-refractivity contribution < 1.29 is 14.4 Å². The van der Waals surface area contributed by atoms with Crippen LogP contribution in [0.25, 0.3) is 11.8 Å². The van der Waals surface area contributed by atoms with Crippen molar-refractivity contribution in [2.75, 3.05) is 6.54 Å². The number of nitrogens with one attached hydrogen (secondary N) is 1. The first-order chi connectivity index (χ1) is 12.8. The Hall–Kier alpha value is -3.35. The van der Waals surface area contributed by atoms with Crippen molar-refractivity contribution in [3.8, 4) is 5.69 Å². The van der Waals surface area contributed by atoms with Gasteiger partial charge in [-0.1, -0.05) is 6.92 Å². The number of nitrogens with two attached hydrogens (primary N) is 1. The lowest BCUT2D eigenvalue weighted by atomic mass is 10.2. The number of rotatable bonds is 5. The number of urea groups is 1. The number of aryl methyl sites for hydroxylation is 1. The molecule has 4 amide bonds. The zero-order valence-electron chi connectivity index (χ0n) is 15.6. The molecule has 1 fully saturated rings. The van der Waals surface area contributed by atoms with Gasteiger partial charge in [-0.2, -0.15) is 0 Å². The van der Waals surface area contributed by atoms with Crippen LogP contribution in [-0.2, 0) is 4.79 Å². The van der Waals surface area contributed by atoms with Crippen molar-refractivity contribution >= 4 is 23.9 Å². The van der Waals surface area contributed by atoms with E-state index >= 15 is 0 Å². The molecule has 0 spiro atoms. The maximum Gasteiger partial charge on any atom is 0.329 e. The molecule has 0 atom stereocenters. The van der Waals surface area contributed by atoms with Gasteiger partial charge >= 0.3 is 6.03 Å². The third kappa shape index (κ3) is 3.36. The molecule has 1 aromatic carbocycles. The van der Waals surface area contributed by atoms with Crippen LogP contribution in [0.3, 0.4) is 0 Å². The molecule has 1 saturated heterocycles. The molecule has 140 valence electrons. The minimum Gasteiger partial charge on any atom is -0.366 e. The van der Waals surface area contributed by atoms with E-state index in [-0.39, 0.29) is 17.6 Å². The summed E-state index contributed by atoms with van der Waals surface area (Å²) in [6.07, 6.45) is 2.41. The average Bonchev–Trinajstić information content (AvgIpc) is 3.05. The predicted octanol–water partition coefficient (Wildman–Crippen LogP) is 2.50. The summed E-state index contributed by atoms with van der Waals surface area (Å²) in [6.45, 7) is 6.20. The molecule has 2 aromatic rings. The highest BCUT2D eigenvalue weighted by atomic mass is 16.2. The van der Waals surface area contributed by atoms with Crippen molar-refractivity contribution in [3.63, 3.8) is 0 Å². The molecule has 27 heavy (non-hydrogen) atoms. The Balaban J connectivity index is 1.96. The number of nitrogens with zero attached hydrogens (tertiary/aromatic N) is 2. The number of carbonyl (C=O) groups is 3. The number of hydrogen-bond donors (Lipinski definition) is 2. The van der Waals surface area contributed by atoms with Crippen molar-refractivity contribution in [2.45, 2.75) is 27.2 Å². The molecule has 0 aliphatic carbocycles. The van der Waals surface area contributed by atoms with E-state index in [1.165, 1.54) is 4.90 Å². The van der Waals surface area contributed by atoms with Crippen LogP contribution in [0.15, 0.2) is 36.0 Å². The molecule has 1 aliphatic heterocycles. The van der Waals surface area contributed by atoms with Crippen molar-refractivity contribution in [2.24, 2.45) is 5.73 Å². The number of carbonyl (C=O) groups excluding carboxylic acids is 3. The van der Waals surface area contributed by atoms with Crippen LogP contribution in [-0.4, -0.2) is 33.9 Å². The number of benzene rings is 1. The normalized spacial score (nSPS) is 15.5. The van der Waals surface area contributed by atoms with Gasteiger partial charge in [0.05, 0.1) is 0 Å². The van der Waals surface area contributed by atoms with Gasteiger partial charge in [0.2, 0.25) is 5.91 Å². The van der Waals surface area contributed by atoms with Gasteiger partial charge in [-0.3, -0.25) is 14.5 Å². The van der Waals surface area contributed by atoms with Crippen LogP contribution in [0.5, 0.6) is 0 Å². The molecule has 3 N–H and O–H groups in total. The zero-order chi connectivity index (χ0) is 19.7. The molecule has 0 radical (unpaired) electrons. The Morgan fingerprint density at radius 2 is 1.85 bits per heavy atom. The summed E-state index contributed by atoms with van der Waals surface area (Å²) in [5.74, 6) is -0.780. The van der Waals surface area contributed by atoms with E-state index < -0.39 is 5.91 Å². The van der Waals surface area contributed by atoms with Gasteiger partial charge < -0.3 is 15.6 Å². The highest BCUT2D eigenvalue weighted by molar-refractivity contribution is 6.14. The third-order valence-corrected chi connectivity index (χ3v) is 4.59. The van der Waals surface area contributed by atoms with E-state index in [2.05, 4.69) is 5.32 Å². The standard InChI is InChI=1S/C20H22N4O3/c1-4-9-23-19(26)17(22-20(23)27)11-15-10-12(2)24(13(15)3)16-7-5-14(6-8-16)18(21)25/h5-8,10-11H,4,9H2,1-3H3,(H2,21,25)(H,22,27)/b17-11+. The zero-order valence-corrected chi connectivity index (χ0v) is 15.6. The first-order valence-electron chi connectivity index (χ1n) is 8.77. The summed E-state index contributed by atoms with van der Waals surface area (Å²) in [5.41, 5.74) is 9.62. The van der Waals surface area contributed by atoms with Crippen LogP contribution < -0.4 is 11.1 Å². The van der Waals surface area contributed by atoms with E-state index in [9.17, 15) is 14.4 Å². The fraction of sp³-hybridized carbons (Fsp3) is 0.250. The second-order valence-electron chi connectivity index (χ2n) is 6.52. The lowest BCUT2D eigenvalue weighted by molar-refractivity contribution is -0.122. The number of hydrogen-bond acceptors (Lipinski definition) is 3. The smallest absolute Gasteiger partial charge is 0.329 e. The van der Waals surface area contributed by atoms with Crippen molar-refractivity contribution in [1.29, 1.82) is 0 Å². The van der Waals surface area contributed by atoms with Gasteiger partial charge in [0.25, 0.3) is 5.91 Å². The average molecular weight is 366 g/mol. The topological polar surface area (TPSA) is 97.4 Å². The SMILES string of the molecule is CCCN1C(=O)N/C(=C/c2cc(C)n(-c3ccc(C(N)=O)cc3)c2C)C1=O. The maximum atomic E-state index is 12.4. The Morgan fingerprint density at radius 1 is 1.19 bits per heavy atom. The van der Waals surface area contributed by atoms with Gasteiger partial charge in [0, 0.05) is 29.2 Å². The monoisotopic (exact) mass is 366 g/mol. The van der Waals surface area contributed by atoms with E-state index in [1.807, 2.05) is 43.5 Å². The summed E-state index contributed by atoms with van der Waals surface area (Å²) < 4.78 is 2.02. The second-order valence-corrected chi connectivity index (χ2v) is 6.52. The molecule has 1 aromatic heterocycles. The highest BCUT2D eigenvalue weighted by Crippen LogP contribution is 2.24. The minimum atomic E-state index is -0.472. The molecule has 0 saturated carbocycles. The Bertz CT molecular complexity index is 954. The van der Waals surface area contributed by atoms with Crippen molar-refractivity contribution in [3.05, 3.63) is 58.5 Å². The third-order valence-electron chi connectivity index (χ3n) is 4.59. The van der Waals surface area contributed by atoms with E-state index in [1.54, 1.807) is 18.2 Å². The molecule has 1 aliphatic rings. The van der Waals surface area contributed by atoms with Gasteiger partial charge in [0.1, 0.15) is 5.70 Å². The van der Waals surface area contributed by atoms with Crippen LogP contribution in [0, 0.1) is 13.8 Å². The molecule has 7 heteroatoms. The molecule has 0 bridgehead atoms. The van der Waals surface area contributed by atoms with Gasteiger partial charge in [0.15, 0.2) is 0 Å².